The van der Waals surface area contributed by atoms with Crippen LogP contribution in [0.4, 0.5) is 0 Å². The highest BCUT2D eigenvalue weighted by atomic mass is 15.3. The van der Waals surface area contributed by atoms with Crippen LogP contribution in [-0.4, -0.2) is 29.3 Å². The largest absolute Gasteiger partial charge is 0.272 e. The van der Waals surface area contributed by atoms with Gasteiger partial charge in [-0.25, -0.2) is 0 Å². The van der Waals surface area contributed by atoms with Crippen molar-refractivity contribution in [3.05, 3.63) is 50.9 Å². The Kier molecular flexibility index (Phi) is 9.81. The SMILES string of the molecule is Cn1nc2c(c1C(C)(C)C)CCC2(C)C.Cn1nc2c(c1C(C)(C)C)CCC21CCCCC1.Cn1nc2c(c1C(C)(C)C)CCCC2(C)C. The van der Waals surface area contributed by atoms with Crippen molar-refractivity contribution in [1.82, 2.24) is 29.3 Å². The molecule has 1 spiro atoms. The first-order chi connectivity index (χ1) is 22.4. The normalized spacial score (nSPS) is 20.6. The minimum absolute atomic E-state index is 0.197. The Morgan fingerprint density at radius 3 is 1.24 bits per heavy atom. The molecule has 3 heterocycles. The van der Waals surface area contributed by atoms with Gasteiger partial charge in [-0.1, -0.05) is 109 Å². The molecule has 274 valence electrons. The van der Waals surface area contributed by atoms with E-state index in [0.717, 1.165) is 0 Å². The number of rotatable bonds is 0. The summed E-state index contributed by atoms with van der Waals surface area (Å²) in [4.78, 5) is 0. The molecule has 0 bridgehead atoms. The first-order valence-corrected chi connectivity index (χ1v) is 19.6. The maximum Gasteiger partial charge on any atom is 0.0721 e. The molecule has 1 fully saturated rings. The van der Waals surface area contributed by atoms with Crippen LogP contribution in [-0.2, 0) is 72.9 Å². The summed E-state index contributed by atoms with van der Waals surface area (Å²) in [6.45, 7) is 29.9. The van der Waals surface area contributed by atoms with Crippen molar-refractivity contribution in [2.45, 2.75) is 200 Å². The fraction of sp³-hybridized carbons (Fsp3) is 0.791. The highest BCUT2D eigenvalue weighted by molar-refractivity contribution is 5.42. The van der Waals surface area contributed by atoms with E-state index in [4.69, 9.17) is 15.3 Å². The van der Waals surface area contributed by atoms with Crippen LogP contribution in [0, 0.1) is 0 Å². The minimum Gasteiger partial charge on any atom is -0.272 e. The number of hydrogen-bond acceptors (Lipinski definition) is 3. The molecule has 0 saturated heterocycles. The zero-order valence-corrected chi connectivity index (χ0v) is 34.7. The van der Waals surface area contributed by atoms with E-state index in [-0.39, 0.29) is 27.1 Å². The summed E-state index contributed by atoms with van der Waals surface area (Å²) >= 11 is 0. The van der Waals surface area contributed by atoms with Crippen LogP contribution in [0.15, 0.2) is 0 Å². The van der Waals surface area contributed by atoms with Crippen molar-refractivity contribution in [3.8, 4) is 0 Å². The Hall–Kier alpha value is -2.37. The number of aryl methyl sites for hydroxylation is 3. The third kappa shape index (κ3) is 7.10. The van der Waals surface area contributed by atoms with E-state index < -0.39 is 0 Å². The molecule has 0 N–H and O–H groups in total. The average molecular weight is 673 g/mol. The Bertz CT molecular complexity index is 1640. The molecule has 3 aromatic rings. The third-order valence-corrected chi connectivity index (χ3v) is 12.2. The van der Waals surface area contributed by atoms with Crippen molar-refractivity contribution >= 4 is 0 Å². The molecule has 49 heavy (non-hydrogen) atoms. The van der Waals surface area contributed by atoms with Gasteiger partial charge in [0.05, 0.1) is 17.1 Å². The van der Waals surface area contributed by atoms with Gasteiger partial charge in [-0.2, -0.15) is 15.3 Å². The maximum absolute atomic E-state index is 4.95. The number of nitrogens with zero attached hydrogens (tertiary/aromatic N) is 6. The van der Waals surface area contributed by atoms with Crippen LogP contribution in [0.3, 0.4) is 0 Å². The van der Waals surface area contributed by atoms with Gasteiger partial charge in [-0.3, -0.25) is 14.0 Å². The number of hydrogen-bond donors (Lipinski definition) is 0. The molecule has 0 aliphatic heterocycles. The van der Waals surface area contributed by atoms with E-state index in [1.165, 1.54) is 122 Å². The standard InChI is InChI=1S/C16H26N2.C14H24N2.C13H22N2/c1-15(2,3)14-12-8-11-16(9-6-5-7-10-16)13(12)17-18(14)4;1-13(2,3)12-10-8-7-9-14(4,5)11(10)15-16(12)6;1-12(2,3)11-9-7-8-13(4,5)10(9)14-15(11)6/h5-11H2,1-4H3;7-9H2,1-6H3;7-8H2,1-6H3. The predicted molar refractivity (Wildman–Crippen MR) is 206 cm³/mol. The molecular weight excluding hydrogens is 601 g/mol. The van der Waals surface area contributed by atoms with Crippen molar-refractivity contribution in [2.75, 3.05) is 0 Å². The molecule has 4 aliphatic carbocycles. The van der Waals surface area contributed by atoms with E-state index in [1.54, 1.807) is 5.56 Å². The molecular formula is C43H72N6. The lowest BCUT2D eigenvalue weighted by Gasteiger charge is -2.32. The van der Waals surface area contributed by atoms with Gasteiger partial charge in [0.2, 0.25) is 0 Å². The lowest BCUT2D eigenvalue weighted by molar-refractivity contribution is 0.282. The Morgan fingerprint density at radius 2 is 0.796 bits per heavy atom. The molecule has 0 atom stereocenters. The molecule has 3 aromatic heterocycles. The molecule has 0 aromatic carbocycles. The number of aromatic nitrogens is 6. The molecule has 4 aliphatic rings. The van der Waals surface area contributed by atoms with Crippen LogP contribution in [0.25, 0.3) is 0 Å². The fourth-order valence-electron chi connectivity index (χ4n) is 10.3. The highest BCUT2D eigenvalue weighted by Crippen LogP contribution is 2.50. The molecule has 0 unspecified atom stereocenters. The van der Waals surface area contributed by atoms with Crippen molar-refractivity contribution < 1.29 is 0 Å². The summed E-state index contributed by atoms with van der Waals surface area (Å²) in [5.74, 6) is 0. The first-order valence-electron chi connectivity index (χ1n) is 19.6. The van der Waals surface area contributed by atoms with Crippen LogP contribution >= 0.6 is 0 Å². The molecule has 6 nitrogen and oxygen atoms in total. The minimum atomic E-state index is 0.197. The maximum atomic E-state index is 4.95. The molecule has 1 saturated carbocycles. The fourth-order valence-corrected chi connectivity index (χ4v) is 10.3. The van der Waals surface area contributed by atoms with Gasteiger partial charge < -0.3 is 0 Å². The van der Waals surface area contributed by atoms with Gasteiger partial charge in [0, 0.05) is 70.7 Å². The first kappa shape index (κ1) is 37.9. The summed E-state index contributed by atoms with van der Waals surface area (Å²) < 4.78 is 6.36. The molecule has 0 radical (unpaired) electrons. The lowest BCUT2D eigenvalue weighted by atomic mass is 9.72. The van der Waals surface area contributed by atoms with Crippen LogP contribution < -0.4 is 0 Å². The average Bonchev–Trinajstić information content (AvgIpc) is 3.72. The number of fused-ring (bicyclic) bond motifs is 4. The molecule has 0 amide bonds. The van der Waals surface area contributed by atoms with Gasteiger partial charge in [0.25, 0.3) is 0 Å². The van der Waals surface area contributed by atoms with E-state index in [2.05, 4.69) is 125 Å². The van der Waals surface area contributed by atoms with E-state index in [0.29, 0.717) is 5.41 Å². The quantitative estimate of drug-likeness (QED) is 0.239. The highest BCUT2D eigenvalue weighted by Gasteiger charge is 2.45. The van der Waals surface area contributed by atoms with Gasteiger partial charge >= 0.3 is 0 Å². The molecule has 6 heteroatoms. The Labute approximate surface area is 300 Å². The Balaban J connectivity index is 0.000000144. The van der Waals surface area contributed by atoms with Crippen molar-refractivity contribution in [1.29, 1.82) is 0 Å². The second kappa shape index (κ2) is 12.7. The van der Waals surface area contributed by atoms with Gasteiger partial charge in [-0.05, 0) is 74.5 Å². The summed E-state index contributed by atoms with van der Waals surface area (Å²) in [5.41, 5.74) is 14.7. The van der Waals surface area contributed by atoms with Gasteiger partial charge in [0.1, 0.15) is 0 Å². The molecule has 7 rings (SSSR count). The Morgan fingerprint density at radius 1 is 0.429 bits per heavy atom. The summed E-state index contributed by atoms with van der Waals surface area (Å²) in [6.07, 6.45) is 15.8. The zero-order chi connectivity index (χ0) is 36.5. The monoisotopic (exact) mass is 673 g/mol. The van der Waals surface area contributed by atoms with Crippen LogP contribution in [0.5, 0.6) is 0 Å². The topological polar surface area (TPSA) is 53.5 Å². The summed E-state index contributed by atoms with van der Waals surface area (Å²) in [6, 6.07) is 0. The summed E-state index contributed by atoms with van der Waals surface area (Å²) in [7, 11) is 6.30. The second-order valence-electron chi connectivity index (χ2n) is 20.6. The van der Waals surface area contributed by atoms with Crippen molar-refractivity contribution in [3.63, 3.8) is 0 Å². The summed E-state index contributed by atoms with van der Waals surface area (Å²) in [5, 5.41) is 14.5. The van der Waals surface area contributed by atoms with Gasteiger partial charge in [-0.15, -0.1) is 0 Å². The second-order valence-corrected chi connectivity index (χ2v) is 20.6. The third-order valence-electron chi connectivity index (χ3n) is 12.2. The van der Waals surface area contributed by atoms with E-state index in [9.17, 15) is 0 Å². The zero-order valence-electron chi connectivity index (χ0n) is 34.7. The van der Waals surface area contributed by atoms with E-state index >= 15 is 0 Å². The van der Waals surface area contributed by atoms with Crippen molar-refractivity contribution in [2.24, 2.45) is 21.1 Å². The van der Waals surface area contributed by atoms with E-state index in [1.807, 2.05) is 0 Å². The van der Waals surface area contributed by atoms with Gasteiger partial charge in [0.15, 0.2) is 0 Å². The smallest absolute Gasteiger partial charge is 0.0721 e. The lowest BCUT2D eigenvalue weighted by Crippen LogP contribution is -2.27. The van der Waals surface area contributed by atoms with Crippen LogP contribution in [0.1, 0.15) is 199 Å². The van der Waals surface area contributed by atoms with Crippen LogP contribution in [0.2, 0.25) is 0 Å². The predicted octanol–water partition coefficient (Wildman–Crippen LogP) is 10.1.